The Kier molecular flexibility index (Phi) is 4.05. The second kappa shape index (κ2) is 5.09. The molecule has 1 atom stereocenters. The Hall–Kier alpha value is -1.13. The summed E-state index contributed by atoms with van der Waals surface area (Å²) in [6, 6.07) is 4.23. The van der Waals surface area contributed by atoms with Gasteiger partial charge in [-0.1, -0.05) is 17.7 Å². The van der Waals surface area contributed by atoms with Crippen LogP contribution >= 0.6 is 11.6 Å². The van der Waals surface area contributed by atoms with Gasteiger partial charge in [-0.05, 0) is 18.7 Å². The van der Waals surface area contributed by atoms with Gasteiger partial charge in [0.1, 0.15) is 5.82 Å². The van der Waals surface area contributed by atoms with E-state index in [0.717, 1.165) is 0 Å². The number of carbonyl (C=O) groups is 1. The van der Waals surface area contributed by atoms with Gasteiger partial charge in [-0.25, -0.2) is 4.39 Å². The van der Waals surface area contributed by atoms with Crippen molar-refractivity contribution >= 4 is 17.6 Å². The number of hydrogen-bond donors (Lipinski definition) is 2. The largest absolute Gasteiger partial charge is 0.481 e. The molecule has 0 fully saturated rings. The predicted octanol–water partition coefficient (Wildman–Crippen LogP) is 2.00. The highest BCUT2D eigenvalue weighted by molar-refractivity contribution is 6.31. The van der Waals surface area contributed by atoms with E-state index in [1.54, 1.807) is 0 Å². The zero-order chi connectivity index (χ0) is 11.4. The summed E-state index contributed by atoms with van der Waals surface area (Å²) in [4.78, 5) is 10.5. The van der Waals surface area contributed by atoms with E-state index in [1.165, 1.54) is 18.2 Å². The normalized spacial score (nSPS) is 12.5. The molecule has 0 aliphatic heterocycles. The first-order valence-electron chi connectivity index (χ1n) is 4.42. The number of nitrogens with two attached hydrogens (primary N) is 1. The number of carboxylic acid groups (broad SMARTS) is 1. The molecule has 1 unspecified atom stereocenters. The van der Waals surface area contributed by atoms with E-state index < -0.39 is 17.7 Å². The monoisotopic (exact) mass is 231 g/mol. The average molecular weight is 232 g/mol. The molecule has 3 N–H and O–H groups in total. The minimum atomic E-state index is -1.02. The summed E-state index contributed by atoms with van der Waals surface area (Å²) in [5.74, 6) is -2.12. The molecule has 5 heteroatoms. The molecule has 15 heavy (non-hydrogen) atoms. The van der Waals surface area contributed by atoms with E-state index in [9.17, 15) is 9.18 Å². The lowest BCUT2D eigenvalue weighted by molar-refractivity contribution is -0.137. The fraction of sp³-hybridized carbons (Fsp3) is 0.300. The Bertz CT molecular complexity index is 350. The highest BCUT2D eigenvalue weighted by Crippen LogP contribution is 2.28. The molecule has 0 heterocycles. The first-order valence-corrected chi connectivity index (χ1v) is 4.79. The molecule has 0 aromatic heterocycles. The third-order valence-corrected chi connectivity index (χ3v) is 2.44. The number of halogens is 2. The maximum absolute atomic E-state index is 13.4. The number of hydrogen-bond acceptors (Lipinski definition) is 2. The van der Waals surface area contributed by atoms with Gasteiger partial charge >= 0.3 is 5.97 Å². The zero-order valence-corrected chi connectivity index (χ0v) is 8.67. The molecule has 0 saturated heterocycles. The molecule has 0 saturated carbocycles. The van der Waals surface area contributed by atoms with E-state index in [0.29, 0.717) is 0 Å². The van der Waals surface area contributed by atoms with Crippen LogP contribution in [-0.2, 0) is 4.79 Å². The maximum atomic E-state index is 13.4. The molecule has 3 nitrogen and oxygen atoms in total. The maximum Gasteiger partial charge on any atom is 0.304 e. The summed E-state index contributed by atoms with van der Waals surface area (Å²) in [7, 11) is 0. The number of carboxylic acids is 1. The number of benzene rings is 1. The van der Waals surface area contributed by atoms with Crippen LogP contribution in [0.3, 0.4) is 0 Å². The van der Waals surface area contributed by atoms with Gasteiger partial charge in [-0.2, -0.15) is 0 Å². The number of aliphatic carboxylic acids is 1. The van der Waals surface area contributed by atoms with Crippen molar-refractivity contribution < 1.29 is 14.3 Å². The van der Waals surface area contributed by atoms with Crippen LogP contribution in [0.15, 0.2) is 18.2 Å². The van der Waals surface area contributed by atoms with Gasteiger partial charge in [0.15, 0.2) is 0 Å². The lowest BCUT2D eigenvalue weighted by atomic mass is 9.95. The summed E-state index contributed by atoms with van der Waals surface area (Å²) < 4.78 is 13.4. The summed E-state index contributed by atoms with van der Waals surface area (Å²) >= 11 is 5.80. The molecule has 1 aromatic carbocycles. The van der Waals surface area contributed by atoms with Crippen LogP contribution in [0, 0.1) is 5.82 Å². The molecule has 1 rings (SSSR count). The summed E-state index contributed by atoms with van der Waals surface area (Å²) in [6.07, 6.45) is -0.225. The topological polar surface area (TPSA) is 63.3 Å². The Balaban J connectivity index is 3.05. The van der Waals surface area contributed by atoms with Crippen molar-refractivity contribution in [3.05, 3.63) is 34.6 Å². The second-order valence-electron chi connectivity index (χ2n) is 3.17. The first-order chi connectivity index (χ1) is 7.06. The average Bonchev–Trinajstić information content (AvgIpc) is 2.15. The highest BCUT2D eigenvalue weighted by Gasteiger charge is 2.20. The molecule has 0 amide bonds. The van der Waals surface area contributed by atoms with Crippen molar-refractivity contribution in [3.63, 3.8) is 0 Å². The third kappa shape index (κ3) is 2.91. The van der Waals surface area contributed by atoms with Gasteiger partial charge in [0.2, 0.25) is 0 Å². The minimum absolute atomic E-state index is 0.0486. The van der Waals surface area contributed by atoms with Crippen LogP contribution in [-0.4, -0.2) is 17.6 Å². The van der Waals surface area contributed by atoms with Crippen LogP contribution in [0.25, 0.3) is 0 Å². The predicted molar refractivity (Wildman–Crippen MR) is 55.5 cm³/mol. The Morgan fingerprint density at radius 3 is 2.73 bits per heavy atom. The van der Waals surface area contributed by atoms with Crippen LogP contribution in [0.4, 0.5) is 4.39 Å². The minimum Gasteiger partial charge on any atom is -0.481 e. The Morgan fingerprint density at radius 2 is 2.27 bits per heavy atom. The van der Waals surface area contributed by atoms with Crippen molar-refractivity contribution in [2.45, 2.75) is 12.3 Å². The van der Waals surface area contributed by atoms with E-state index in [1.807, 2.05) is 0 Å². The lowest BCUT2D eigenvalue weighted by Gasteiger charge is -2.15. The molecule has 82 valence electrons. The van der Waals surface area contributed by atoms with E-state index in [-0.39, 0.29) is 23.6 Å². The van der Waals surface area contributed by atoms with E-state index >= 15 is 0 Å². The first kappa shape index (κ1) is 11.9. The molecule has 0 spiro atoms. The number of rotatable bonds is 4. The van der Waals surface area contributed by atoms with Crippen LogP contribution in [0.5, 0.6) is 0 Å². The van der Waals surface area contributed by atoms with Crippen molar-refractivity contribution in [1.29, 1.82) is 0 Å². The lowest BCUT2D eigenvalue weighted by Crippen LogP contribution is -2.17. The molecule has 0 bridgehead atoms. The van der Waals surface area contributed by atoms with Crippen molar-refractivity contribution in [2.75, 3.05) is 6.54 Å². The highest BCUT2D eigenvalue weighted by atomic mass is 35.5. The Labute approximate surface area is 91.7 Å². The zero-order valence-electron chi connectivity index (χ0n) is 7.91. The van der Waals surface area contributed by atoms with Crippen molar-refractivity contribution in [2.24, 2.45) is 5.73 Å². The molecule has 0 radical (unpaired) electrons. The quantitative estimate of drug-likeness (QED) is 0.833. The standard InChI is InChI=1S/C10H11ClFNO2/c11-7-2-1-3-8(12)10(7)6(5-13)4-9(14)15/h1-3,6H,4-5,13H2,(H,14,15). The summed E-state index contributed by atoms with van der Waals surface area (Å²) in [5.41, 5.74) is 5.59. The molecule has 0 aliphatic carbocycles. The van der Waals surface area contributed by atoms with Crippen LogP contribution < -0.4 is 5.73 Å². The molecular formula is C10H11ClFNO2. The van der Waals surface area contributed by atoms with Gasteiger partial charge in [0.05, 0.1) is 6.42 Å². The van der Waals surface area contributed by atoms with E-state index in [4.69, 9.17) is 22.4 Å². The molecule has 0 aliphatic rings. The van der Waals surface area contributed by atoms with Gasteiger partial charge < -0.3 is 10.8 Å². The smallest absolute Gasteiger partial charge is 0.304 e. The second-order valence-corrected chi connectivity index (χ2v) is 3.57. The van der Waals surface area contributed by atoms with Crippen molar-refractivity contribution in [3.8, 4) is 0 Å². The van der Waals surface area contributed by atoms with Gasteiger partial charge in [0.25, 0.3) is 0 Å². The van der Waals surface area contributed by atoms with Crippen LogP contribution in [0.2, 0.25) is 5.02 Å². The van der Waals surface area contributed by atoms with Crippen LogP contribution in [0.1, 0.15) is 17.9 Å². The fourth-order valence-electron chi connectivity index (χ4n) is 1.41. The van der Waals surface area contributed by atoms with Crippen molar-refractivity contribution in [1.82, 2.24) is 0 Å². The fourth-order valence-corrected chi connectivity index (χ4v) is 1.73. The van der Waals surface area contributed by atoms with Gasteiger partial charge in [-0.3, -0.25) is 4.79 Å². The van der Waals surface area contributed by atoms with Gasteiger partial charge in [-0.15, -0.1) is 0 Å². The SMILES string of the molecule is NCC(CC(=O)O)c1c(F)cccc1Cl. The Morgan fingerprint density at radius 1 is 1.60 bits per heavy atom. The molecule has 1 aromatic rings. The van der Waals surface area contributed by atoms with E-state index in [2.05, 4.69) is 0 Å². The van der Waals surface area contributed by atoms with Gasteiger partial charge in [0, 0.05) is 16.5 Å². The molecular weight excluding hydrogens is 221 g/mol. The summed E-state index contributed by atoms with van der Waals surface area (Å²) in [5, 5.41) is 8.85. The summed E-state index contributed by atoms with van der Waals surface area (Å²) in [6.45, 7) is 0.0486. The third-order valence-electron chi connectivity index (χ3n) is 2.11.